The normalized spacial score (nSPS) is 16.3. The summed E-state index contributed by atoms with van der Waals surface area (Å²) in [5, 5.41) is 3.04. The second kappa shape index (κ2) is 7.74. The second-order valence-electron chi connectivity index (χ2n) is 6.96. The van der Waals surface area contributed by atoms with Crippen molar-refractivity contribution in [2.75, 3.05) is 31.5 Å². The van der Waals surface area contributed by atoms with Crippen LogP contribution in [0.25, 0.3) is 0 Å². The SMILES string of the molecule is Cc1ccc(NC(=O)[C@H](C)[NH+]2CCN(C(=O)c3ccco3)CC2)c(C)c1. The molecule has 6 nitrogen and oxygen atoms in total. The number of hydrogen-bond acceptors (Lipinski definition) is 3. The molecule has 2 aromatic rings. The Bertz CT molecular complexity index is 778. The first-order valence-electron chi connectivity index (χ1n) is 9.01. The Labute approximate surface area is 153 Å². The molecule has 0 spiro atoms. The van der Waals surface area contributed by atoms with Crippen molar-refractivity contribution >= 4 is 17.5 Å². The lowest BCUT2D eigenvalue weighted by atomic mass is 10.1. The summed E-state index contributed by atoms with van der Waals surface area (Å²) < 4.78 is 5.18. The summed E-state index contributed by atoms with van der Waals surface area (Å²) in [7, 11) is 0. The highest BCUT2D eigenvalue weighted by Gasteiger charge is 2.31. The molecule has 0 unspecified atom stereocenters. The van der Waals surface area contributed by atoms with Crippen LogP contribution >= 0.6 is 0 Å². The van der Waals surface area contributed by atoms with Gasteiger partial charge in [-0.1, -0.05) is 17.7 Å². The van der Waals surface area contributed by atoms with E-state index < -0.39 is 0 Å². The molecule has 1 saturated heterocycles. The van der Waals surface area contributed by atoms with Gasteiger partial charge in [0, 0.05) is 5.69 Å². The fraction of sp³-hybridized carbons (Fsp3) is 0.400. The highest BCUT2D eigenvalue weighted by atomic mass is 16.3. The van der Waals surface area contributed by atoms with Crippen LogP contribution in [0.4, 0.5) is 5.69 Å². The van der Waals surface area contributed by atoms with E-state index in [0.29, 0.717) is 18.8 Å². The minimum Gasteiger partial charge on any atom is -0.459 e. The highest BCUT2D eigenvalue weighted by molar-refractivity contribution is 5.94. The first kappa shape index (κ1) is 18.2. The van der Waals surface area contributed by atoms with Gasteiger partial charge in [0.1, 0.15) is 0 Å². The van der Waals surface area contributed by atoms with Crippen LogP contribution < -0.4 is 10.2 Å². The summed E-state index contributed by atoms with van der Waals surface area (Å²) in [5.74, 6) is 0.299. The Kier molecular flexibility index (Phi) is 5.42. The third kappa shape index (κ3) is 3.96. The molecule has 3 rings (SSSR count). The van der Waals surface area contributed by atoms with Crippen molar-refractivity contribution in [1.29, 1.82) is 0 Å². The molecular formula is C20H26N3O3+. The van der Waals surface area contributed by atoms with Gasteiger partial charge in [-0.05, 0) is 44.5 Å². The predicted octanol–water partition coefficient (Wildman–Crippen LogP) is 1.26. The summed E-state index contributed by atoms with van der Waals surface area (Å²) in [6.07, 6.45) is 1.51. The van der Waals surface area contributed by atoms with Gasteiger partial charge in [-0.15, -0.1) is 0 Å². The molecule has 2 N–H and O–H groups in total. The molecule has 1 aliphatic heterocycles. The molecule has 0 radical (unpaired) electrons. The number of amides is 2. The maximum atomic E-state index is 12.6. The van der Waals surface area contributed by atoms with E-state index in [9.17, 15) is 9.59 Å². The fourth-order valence-corrected chi connectivity index (χ4v) is 3.37. The van der Waals surface area contributed by atoms with Crippen LogP contribution in [0.5, 0.6) is 0 Å². The highest BCUT2D eigenvalue weighted by Crippen LogP contribution is 2.16. The summed E-state index contributed by atoms with van der Waals surface area (Å²) in [6.45, 7) is 8.71. The zero-order valence-electron chi connectivity index (χ0n) is 15.5. The average molecular weight is 356 g/mol. The minimum absolute atomic E-state index is 0.0118. The molecule has 2 amide bonds. The van der Waals surface area contributed by atoms with Crippen molar-refractivity contribution < 1.29 is 18.9 Å². The van der Waals surface area contributed by atoms with Gasteiger partial charge in [0.15, 0.2) is 11.8 Å². The molecule has 0 saturated carbocycles. The van der Waals surface area contributed by atoms with Crippen LogP contribution in [-0.2, 0) is 4.79 Å². The number of carbonyl (C=O) groups excluding carboxylic acids is 2. The van der Waals surface area contributed by atoms with Crippen molar-refractivity contribution in [3.8, 4) is 0 Å². The van der Waals surface area contributed by atoms with Gasteiger partial charge in [0.25, 0.3) is 11.8 Å². The Morgan fingerprint density at radius 1 is 1.19 bits per heavy atom. The number of anilines is 1. The van der Waals surface area contributed by atoms with Crippen molar-refractivity contribution in [1.82, 2.24) is 4.90 Å². The lowest BCUT2D eigenvalue weighted by molar-refractivity contribution is -0.917. The second-order valence-corrected chi connectivity index (χ2v) is 6.96. The quantitative estimate of drug-likeness (QED) is 0.867. The summed E-state index contributed by atoms with van der Waals surface area (Å²) in [6, 6.07) is 9.24. The number of nitrogens with one attached hydrogen (secondary N) is 2. The van der Waals surface area contributed by atoms with E-state index in [-0.39, 0.29) is 17.9 Å². The zero-order chi connectivity index (χ0) is 18.7. The van der Waals surface area contributed by atoms with E-state index in [1.54, 1.807) is 17.0 Å². The van der Waals surface area contributed by atoms with Crippen LogP contribution in [0.2, 0.25) is 0 Å². The van der Waals surface area contributed by atoms with E-state index in [1.165, 1.54) is 16.7 Å². The summed E-state index contributed by atoms with van der Waals surface area (Å²) in [4.78, 5) is 27.9. The van der Waals surface area contributed by atoms with Crippen molar-refractivity contribution in [3.63, 3.8) is 0 Å². The molecule has 26 heavy (non-hydrogen) atoms. The maximum Gasteiger partial charge on any atom is 0.289 e. The van der Waals surface area contributed by atoms with Gasteiger partial charge >= 0.3 is 0 Å². The standard InChI is InChI=1S/C20H25N3O3/c1-14-6-7-17(15(2)13-14)21-19(24)16(3)22-8-10-23(11-9-22)20(25)18-5-4-12-26-18/h4-7,12-13,16H,8-11H2,1-3H3,(H,21,24)/p+1/t16-/m0/s1. The number of carbonyl (C=O) groups is 2. The number of nitrogens with zero attached hydrogens (tertiary/aromatic N) is 1. The molecule has 0 aliphatic carbocycles. The molecular weight excluding hydrogens is 330 g/mol. The summed E-state index contributed by atoms with van der Waals surface area (Å²) >= 11 is 0. The first-order chi connectivity index (χ1) is 12.5. The van der Waals surface area contributed by atoms with Crippen LogP contribution in [0.15, 0.2) is 41.0 Å². The van der Waals surface area contributed by atoms with E-state index >= 15 is 0 Å². The maximum absolute atomic E-state index is 12.6. The van der Waals surface area contributed by atoms with Crippen LogP contribution in [0.3, 0.4) is 0 Å². The smallest absolute Gasteiger partial charge is 0.289 e. The monoisotopic (exact) mass is 356 g/mol. The van der Waals surface area contributed by atoms with E-state index in [1.807, 2.05) is 32.9 Å². The fourth-order valence-electron chi connectivity index (χ4n) is 3.37. The number of benzene rings is 1. The molecule has 6 heteroatoms. The van der Waals surface area contributed by atoms with Gasteiger partial charge in [-0.3, -0.25) is 9.59 Å². The third-order valence-corrected chi connectivity index (χ3v) is 5.07. The molecule has 1 aliphatic rings. The number of aryl methyl sites for hydroxylation is 2. The number of rotatable bonds is 4. The predicted molar refractivity (Wildman–Crippen MR) is 99.3 cm³/mol. The summed E-state index contributed by atoms with van der Waals surface area (Å²) in [5.41, 5.74) is 3.10. The average Bonchev–Trinajstić information content (AvgIpc) is 3.17. The number of piperazine rings is 1. The Balaban J connectivity index is 1.55. The number of quaternary nitrogens is 1. The van der Waals surface area contributed by atoms with E-state index in [2.05, 4.69) is 11.4 Å². The Hall–Kier alpha value is -2.60. The zero-order valence-corrected chi connectivity index (χ0v) is 15.5. The topological polar surface area (TPSA) is 67.0 Å². The van der Waals surface area contributed by atoms with Crippen molar-refractivity contribution in [3.05, 3.63) is 53.5 Å². The van der Waals surface area contributed by atoms with Crippen molar-refractivity contribution in [2.45, 2.75) is 26.8 Å². The minimum atomic E-state index is -0.170. The molecule has 0 bridgehead atoms. The van der Waals surface area contributed by atoms with Gasteiger partial charge in [0.05, 0.1) is 32.4 Å². The molecule has 2 heterocycles. The van der Waals surface area contributed by atoms with Crippen LogP contribution in [0, 0.1) is 13.8 Å². The lowest BCUT2D eigenvalue weighted by Crippen LogP contribution is -3.19. The first-order valence-corrected chi connectivity index (χ1v) is 9.01. The Morgan fingerprint density at radius 2 is 1.92 bits per heavy atom. The molecule has 1 aromatic carbocycles. The Morgan fingerprint density at radius 3 is 2.54 bits per heavy atom. The molecule has 1 fully saturated rings. The van der Waals surface area contributed by atoms with E-state index in [0.717, 1.165) is 24.3 Å². The largest absolute Gasteiger partial charge is 0.459 e. The van der Waals surface area contributed by atoms with Gasteiger partial charge in [-0.2, -0.15) is 0 Å². The number of furan rings is 1. The van der Waals surface area contributed by atoms with E-state index in [4.69, 9.17) is 4.42 Å². The van der Waals surface area contributed by atoms with Gasteiger partial charge in [0.2, 0.25) is 0 Å². The third-order valence-electron chi connectivity index (χ3n) is 5.07. The van der Waals surface area contributed by atoms with Crippen LogP contribution in [0.1, 0.15) is 28.6 Å². The molecule has 1 atom stereocenters. The lowest BCUT2D eigenvalue weighted by Gasteiger charge is -2.34. The van der Waals surface area contributed by atoms with Crippen molar-refractivity contribution in [2.24, 2.45) is 0 Å². The van der Waals surface area contributed by atoms with Crippen LogP contribution in [-0.4, -0.2) is 48.9 Å². The van der Waals surface area contributed by atoms with Gasteiger partial charge in [-0.25, -0.2) is 0 Å². The molecule has 1 aromatic heterocycles. The van der Waals surface area contributed by atoms with Gasteiger partial charge < -0.3 is 19.5 Å². The molecule has 138 valence electrons. The number of hydrogen-bond donors (Lipinski definition) is 2.